The van der Waals surface area contributed by atoms with Crippen LogP contribution < -0.4 is 10.6 Å². The van der Waals surface area contributed by atoms with Crippen molar-refractivity contribution in [3.63, 3.8) is 0 Å². The number of nitrogens with two attached hydrogens (primary N) is 1. The lowest BCUT2D eigenvalue weighted by molar-refractivity contribution is 0.411. The molecule has 1 aliphatic heterocycles. The molecular weight excluding hydrogens is 286 g/mol. The van der Waals surface area contributed by atoms with Crippen LogP contribution in [0.1, 0.15) is 18.4 Å². The molecule has 0 saturated carbocycles. The van der Waals surface area contributed by atoms with Gasteiger partial charge in [-0.25, -0.2) is 0 Å². The zero-order valence-electron chi connectivity index (χ0n) is 12.1. The van der Waals surface area contributed by atoms with Crippen LogP contribution in [0.3, 0.4) is 0 Å². The first kappa shape index (κ1) is 14.4. The number of halogens is 1. The molecule has 0 spiro atoms. The highest BCUT2D eigenvalue weighted by molar-refractivity contribution is 6.30. The van der Waals surface area contributed by atoms with Crippen LogP contribution in [0.25, 0.3) is 11.4 Å². The second-order valence-electron chi connectivity index (χ2n) is 5.61. The standard InChI is InChI=1S/C15H20ClN5/c1-10-2-3-12(16)8-13(10)14-18-15(20-19-14)21-6-4-11(9-17)5-7-21/h2-3,8,11H,4-7,9,17H2,1H3,(H,18,19,20). The van der Waals surface area contributed by atoms with E-state index in [9.17, 15) is 0 Å². The molecule has 0 unspecified atom stereocenters. The Morgan fingerprint density at radius 2 is 2.14 bits per heavy atom. The Morgan fingerprint density at radius 3 is 2.86 bits per heavy atom. The fraction of sp³-hybridized carbons (Fsp3) is 0.467. The van der Waals surface area contributed by atoms with E-state index in [1.165, 1.54) is 0 Å². The van der Waals surface area contributed by atoms with E-state index in [-0.39, 0.29) is 0 Å². The van der Waals surface area contributed by atoms with Gasteiger partial charge in [0.25, 0.3) is 0 Å². The van der Waals surface area contributed by atoms with Gasteiger partial charge in [0.1, 0.15) is 0 Å². The normalized spacial score (nSPS) is 16.4. The fourth-order valence-electron chi connectivity index (χ4n) is 2.73. The minimum Gasteiger partial charge on any atom is -0.340 e. The van der Waals surface area contributed by atoms with Crippen LogP contribution in [0.15, 0.2) is 18.2 Å². The van der Waals surface area contributed by atoms with Crippen molar-refractivity contribution in [2.45, 2.75) is 19.8 Å². The van der Waals surface area contributed by atoms with Crippen molar-refractivity contribution in [1.29, 1.82) is 0 Å². The van der Waals surface area contributed by atoms with Gasteiger partial charge in [0.05, 0.1) is 0 Å². The van der Waals surface area contributed by atoms with Gasteiger partial charge in [0.2, 0.25) is 5.95 Å². The molecule has 21 heavy (non-hydrogen) atoms. The second-order valence-corrected chi connectivity index (χ2v) is 6.05. The van der Waals surface area contributed by atoms with Crippen LogP contribution in [0.5, 0.6) is 0 Å². The summed E-state index contributed by atoms with van der Waals surface area (Å²) < 4.78 is 0. The number of aryl methyl sites for hydroxylation is 1. The van der Waals surface area contributed by atoms with Crippen molar-refractivity contribution in [1.82, 2.24) is 15.2 Å². The average Bonchev–Trinajstić information content (AvgIpc) is 2.99. The number of anilines is 1. The summed E-state index contributed by atoms with van der Waals surface area (Å²) in [6.45, 7) is 4.75. The van der Waals surface area contributed by atoms with Crippen LogP contribution in [-0.4, -0.2) is 34.8 Å². The summed E-state index contributed by atoms with van der Waals surface area (Å²) in [4.78, 5) is 6.84. The Morgan fingerprint density at radius 1 is 1.38 bits per heavy atom. The number of hydrogen-bond donors (Lipinski definition) is 2. The number of aromatic nitrogens is 3. The topological polar surface area (TPSA) is 70.8 Å². The molecule has 112 valence electrons. The Labute approximate surface area is 129 Å². The number of nitrogens with one attached hydrogen (secondary N) is 1. The smallest absolute Gasteiger partial charge is 0.245 e. The highest BCUT2D eigenvalue weighted by Gasteiger charge is 2.21. The van der Waals surface area contributed by atoms with E-state index in [4.69, 9.17) is 17.3 Å². The lowest BCUT2D eigenvalue weighted by atomic mass is 9.97. The summed E-state index contributed by atoms with van der Waals surface area (Å²) in [7, 11) is 0. The van der Waals surface area contributed by atoms with Gasteiger partial charge < -0.3 is 10.6 Å². The lowest BCUT2D eigenvalue weighted by Gasteiger charge is -2.30. The SMILES string of the molecule is Cc1ccc(Cl)cc1-c1nc(N2CCC(CN)CC2)n[nH]1. The van der Waals surface area contributed by atoms with Gasteiger partial charge in [0.15, 0.2) is 5.82 Å². The van der Waals surface area contributed by atoms with Gasteiger partial charge >= 0.3 is 0 Å². The molecular formula is C15H20ClN5. The third kappa shape index (κ3) is 3.04. The Bertz CT molecular complexity index is 616. The Hall–Kier alpha value is -1.59. The van der Waals surface area contributed by atoms with Gasteiger partial charge in [0, 0.05) is 23.7 Å². The van der Waals surface area contributed by atoms with Crippen molar-refractivity contribution >= 4 is 17.5 Å². The molecule has 0 amide bonds. The number of piperidine rings is 1. The monoisotopic (exact) mass is 305 g/mol. The predicted octanol–water partition coefficient (Wildman–Crippen LogP) is 2.61. The first-order valence-corrected chi connectivity index (χ1v) is 7.69. The van der Waals surface area contributed by atoms with Crippen molar-refractivity contribution in [3.8, 4) is 11.4 Å². The van der Waals surface area contributed by atoms with Gasteiger partial charge in [-0.15, -0.1) is 5.10 Å². The average molecular weight is 306 g/mol. The molecule has 3 N–H and O–H groups in total. The van der Waals surface area contributed by atoms with Crippen LogP contribution in [0, 0.1) is 12.8 Å². The van der Waals surface area contributed by atoms with Crippen molar-refractivity contribution < 1.29 is 0 Å². The number of rotatable bonds is 3. The number of H-pyrrole nitrogens is 1. The number of aromatic amines is 1. The van der Waals surface area contributed by atoms with Gasteiger partial charge in [-0.05, 0) is 49.9 Å². The maximum Gasteiger partial charge on any atom is 0.245 e. The minimum atomic E-state index is 0.634. The van der Waals surface area contributed by atoms with Crippen LogP contribution in [0.2, 0.25) is 5.02 Å². The summed E-state index contributed by atoms with van der Waals surface area (Å²) in [5.41, 5.74) is 7.86. The zero-order valence-corrected chi connectivity index (χ0v) is 12.9. The van der Waals surface area contributed by atoms with E-state index in [1.54, 1.807) is 0 Å². The van der Waals surface area contributed by atoms with Crippen molar-refractivity contribution in [3.05, 3.63) is 28.8 Å². The highest BCUT2D eigenvalue weighted by Crippen LogP contribution is 2.26. The quantitative estimate of drug-likeness (QED) is 0.914. The third-order valence-corrected chi connectivity index (χ3v) is 4.39. The van der Waals surface area contributed by atoms with E-state index in [0.717, 1.165) is 55.4 Å². The highest BCUT2D eigenvalue weighted by atomic mass is 35.5. The van der Waals surface area contributed by atoms with Gasteiger partial charge in [-0.2, -0.15) is 4.98 Å². The van der Waals surface area contributed by atoms with E-state index in [2.05, 4.69) is 20.1 Å². The minimum absolute atomic E-state index is 0.634. The molecule has 1 aliphatic rings. The molecule has 3 rings (SSSR count). The summed E-state index contributed by atoms with van der Waals surface area (Å²) in [5.74, 6) is 2.17. The number of nitrogens with zero attached hydrogens (tertiary/aromatic N) is 3. The largest absolute Gasteiger partial charge is 0.340 e. The molecule has 1 saturated heterocycles. The molecule has 1 aromatic carbocycles. The Kier molecular flexibility index (Phi) is 4.12. The van der Waals surface area contributed by atoms with Crippen LogP contribution in [-0.2, 0) is 0 Å². The predicted molar refractivity (Wildman–Crippen MR) is 85.6 cm³/mol. The molecule has 6 heteroatoms. The maximum atomic E-state index is 6.07. The van der Waals surface area contributed by atoms with Crippen LogP contribution in [0.4, 0.5) is 5.95 Å². The maximum absolute atomic E-state index is 6.07. The molecule has 0 atom stereocenters. The summed E-state index contributed by atoms with van der Waals surface area (Å²) in [5, 5.41) is 8.09. The van der Waals surface area contributed by atoms with Gasteiger partial charge in [-0.1, -0.05) is 17.7 Å². The first-order valence-electron chi connectivity index (χ1n) is 7.31. The Balaban J connectivity index is 1.79. The van der Waals surface area contributed by atoms with Crippen molar-refractivity contribution in [2.24, 2.45) is 11.7 Å². The number of hydrogen-bond acceptors (Lipinski definition) is 4. The van der Waals surface area contributed by atoms with Gasteiger partial charge in [-0.3, -0.25) is 5.10 Å². The molecule has 1 aromatic heterocycles. The molecule has 5 nitrogen and oxygen atoms in total. The molecule has 0 bridgehead atoms. The summed E-state index contributed by atoms with van der Waals surface area (Å²) in [6, 6.07) is 5.80. The van der Waals surface area contributed by atoms with E-state index in [0.29, 0.717) is 10.9 Å². The first-order chi connectivity index (χ1) is 10.2. The second kappa shape index (κ2) is 6.03. The molecule has 2 heterocycles. The van der Waals surface area contributed by atoms with E-state index >= 15 is 0 Å². The fourth-order valence-corrected chi connectivity index (χ4v) is 2.90. The third-order valence-electron chi connectivity index (χ3n) is 4.16. The zero-order chi connectivity index (χ0) is 14.8. The van der Waals surface area contributed by atoms with Crippen LogP contribution >= 0.6 is 11.6 Å². The van der Waals surface area contributed by atoms with Crippen molar-refractivity contribution in [2.75, 3.05) is 24.5 Å². The lowest BCUT2D eigenvalue weighted by Crippen LogP contribution is -2.36. The molecule has 2 aromatic rings. The summed E-state index contributed by atoms with van der Waals surface area (Å²) in [6.07, 6.45) is 2.22. The molecule has 1 fully saturated rings. The summed E-state index contributed by atoms with van der Waals surface area (Å²) >= 11 is 6.07. The van der Waals surface area contributed by atoms with E-state index < -0.39 is 0 Å². The molecule has 0 radical (unpaired) electrons. The van der Waals surface area contributed by atoms with E-state index in [1.807, 2.05) is 25.1 Å². The molecule has 0 aliphatic carbocycles. The number of benzene rings is 1.